The van der Waals surface area contributed by atoms with E-state index in [2.05, 4.69) is 33.0 Å². The number of anilines is 2. The normalized spacial score (nSPS) is 21.4. The van der Waals surface area contributed by atoms with E-state index in [0.717, 1.165) is 25.1 Å². The van der Waals surface area contributed by atoms with Crippen LogP contribution in [0.15, 0.2) is 18.2 Å². The fraction of sp³-hybridized carbons (Fsp3) is 0.647. The maximum Gasteiger partial charge on any atom is 0.148 e. The number of rotatable bonds is 4. The van der Waals surface area contributed by atoms with Gasteiger partial charge in [0.2, 0.25) is 0 Å². The Hall–Kier alpha value is -1.29. The third-order valence-corrected chi connectivity index (χ3v) is 4.17. The molecule has 3 nitrogen and oxygen atoms in total. The SMILES string of the molecule is CC(C)N(C)c1ccc(NC2CCOC(C)(C)C2)cc1F. The van der Waals surface area contributed by atoms with Crippen molar-refractivity contribution in [2.24, 2.45) is 0 Å². The molecular weight excluding hydrogens is 267 g/mol. The Balaban J connectivity index is 2.07. The summed E-state index contributed by atoms with van der Waals surface area (Å²) >= 11 is 0. The molecule has 1 saturated heterocycles. The van der Waals surface area contributed by atoms with E-state index in [1.165, 1.54) is 0 Å². The monoisotopic (exact) mass is 294 g/mol. The number of ether oxygens (including phenoxy) is 1. The van der Waals surface area contributed by atoms with Crippen molar-refractivity contribution in [3.8, 4) is 0 Å². The van der Waals surface area contributed by atoms with Crippen LogP contribution >= 0.6 is 0 Å². The third kappa shape index (κ3) is 4.10. The second kappa shape index (κ2) is 6.22. The summed E-state index contributed by atoms with van der Waals surface area (Å²) in [6.45, 7) is 9.05. The predicted molar refractivity (Wildman–Crippen MR) is 86.6 cm³/mol. The largest absolute Gasteiger partial charge is 0.382 e. The van der Waals surface area contributed by atoms with Crippen LogP contribution in [0.1, 0.15) is 40.5 Å². The summed E-state index contributed by atoms with van der Waals surface area (Å²) in [5.41, 5.74) is 1.38. The van der Waals surface area contributed by atoms with Gasteiger partial charge in [0, 0.05) is 31.4 Å². The molecule has 1 atom stereocenters. The standard InChI is InChI=1S/C17H27FN2O/c1-12(2)20(5)16-7-6-13(10-15(16)18)19-14-8-9-21-17(3,4)11-14/h6-7,10,12,14,19H,8-9,11H2,1-5H3. The number of benzene rings is 1. The van der Waals surface area contributed by atoms with E-state index < -0.39 is 0 Å². The van der Waals surface area contributed by atoms with Gasteiger partial charge in [-0.3, -0.25) is 0 Å². The van der Waals surface area contributed by atoms with E-state index in [0.29, 0.717) is 11.7 Å². The summed E-state index contributed by atoms with van der Waals surface area (Å²) in [5.74, 6) is -0.178. The summed E-state index contributed by atoms with van der Waals surface area (Å²) in [5, 5.41) is 3.43. The molecule has 0 aliphatic carbocycles. The Labute approximate surface area is 127 Å². The third-order valence-electron chi connectivity index (χ3n) is 4.17. The van der Waals surface area contributed by atoms with Gasteiger partial charge in [-0.2, -0.15) is 0 Å². The van der Waals surface area contributed by atoms with Crippen molar-refractivity contribution in [1.82, 2.24) is 0 Å². The molecule has 1 N–H and O–H groups in total. The quantitative estimate of drug-likeness (QED) is 0.907. The van der Waals surface area contributed by atoms with Gasteiger partial charge in [0.1, 0.15) is 5.82 Å². The minimum Gasteiger partial charge on any atom is -0.382 e. The summed E-state index contributed by atoms with van der Waals surface area (Å²) in [4.78, 5) is 1.94. The molecular formula is C17H27FN2O. The summed E-state index contributed by atoms with van der Waals surface area (Å²) in [6, 6.07) is 6.01. The highest BCUT2D eigenvalue weighted by molar-refractivity contribution is 5.56. The van der Waals surface area contributed by atoms with Crippen LogP contribution in [0.2, 0.25) is 0 Å². The second-order valence-corrected chi connectivity index (χ2v) is 6.81. The number of nitrogens with zero attached hydrogens (tertiary/aromatic N) is 1. The number of hydrogen-bond acceptors (Lipinski definition) is 3. The van der Waals surface area contributed by atoms with E-state index in [9.17, 15) is 4.39 Å². The van der Waals surface area contributed by atoms with Gasteiger partial charge in [-0.25, -0.2) is 4.39 Å². The molecule has 2 rings (SSSR count). The van der Waals surface area contributed by atoms with Gasteiger partial charge in [0.05, 0.1) is 11.3 Å². The van der Waals surface area contributed by atoms with Crippen molar-refractivity contribution in [3.63, 3.8) is 0 Å². The van der Waals surface area contributed by atoms with Crippen molar-refractivity contribution < 1.29 is 9.13 Å². The first-order valence-corrected chi connectivity index (χ1v) is 7.71. The Bertz CT molecular complexity index is 488. The first kappa shape index (κ1) is 16.1. The summed E-state index contributed by atoms with van der Waals surface area (Å²) in [7, 11) is 1.91. The zero-order valence-corrected chi connectivity index (χ0v) is 13.7. The van der Waals surface area contributed by atoms with E-state index >= 15 is 0 Å². The minimum absolute atomic E-state index is 0.105. The van der Waals surface area contributed by atoms with Crippen molar-refractivity contribution in [2.45, 2.75) is 58.2 Å². The highest BCUT2D eigenvalue weighted by atomic mass is 19.1. The van der Waals surface area contributed by atoms with E-state index in [1.54, 1.807) is 6.07 Å². The van der Waals surface area contributed by atoms with Crippen molar-refractivity contribution in [2.75, 3.05) is 23.9 Å². The lowest BCUT2D eigenvalue weighted by atomic mass is 9.94. The zero-order valence-electron chi connectivity index (χ0n) is 13.7. The molecule has 118 valence electrons. The Morgan fingerprint density at radius 1 is 1.38 bits per heavy atom. The van der Waals surface area contributed by atoms with Crippen molar-refractivity contribution >= 4 is 11.4 Å². The fourth-order valence-corrected chi connectivity index (χ4v) is 2.75. The first-order valence-electron chi connectivity index (χ1n) is 7.71. The molecule has 0 bridgehead atoms. The molecule has 1 aliphatic rings. The fourth-order valence-electron chi connectivity index (χ4n) is 2.75. The van der Waals surface area contributed by atoms with Gasteiger partial charge < -0.3 is 15.0 Å². The van der Waals surface area contributed by atoms with E-state index in [4.69, 9.17) is 4.74 Å². The first-order chi connectivity index (χ1) is 9.78. The van der Waals surface area contributed by atoms with Gasteiger partial charge in [-0.05, 0) is 58.7 Å². The maximum absolute atomic E-state index is 14.3. The van der Waals surface area contributed by atoms with Crippen LogP contribution < -0.4 is 10.2 Å². The number of nitrogens with one attached hydrogen (secondary N) is 1. The molecule has 1 unspecified atom stereocenters. The molecule has 0 radical (unpaired) electrons. The van der Waals surface area contributed by atoms with Gasteiger partial charge in [-0.1, -0.05) is 0 Å². The molecule has 0 saturated carbocycles. The van der Waals surface area contributed by atoms with Gasteiger partial charge >= 0.3 is 0 Å². The van der Waals surface area contributed by atoms with Crippen LogP contribution in [0.5, 0.6) is 0 Å². The average Bonchev–Trinajstić information content (AvgIpc) is 2.36. The van der Waals surface area contributed by atoms with Crippen LogP contribution in [0.3, 0.4) is 0 Å². The van der Waals surface area contributed by atoms with Gasteiger partial charge in [0.25, 0.3) is 0 Å². The Kier molecular flexibility index (Phi) is 4.77. The van der Waals surface area contributed by atoms with Gasteiger partial charge in [0.15, 0.2) is 0 Å². The molecule has 0 aromatic heterocycles. The summed E-state index contributed by atoms with van der Waals surface area (Å²) in [6.07, 6.45) is 1.89. The maximum atomic E-state index is 14.3. The van der Waals surface area contributed by atoms with Gasteiger partial charge in [-0.15, -0.1) is 0 Å². The van der Waals surface area contributed by atoms with Crippen LogP contribution in [-0.2, 0) is 4.74 Å². The molecule has 4 heteroatoms. The Morgan fingerprint density at radius 3 is 2.67 bits per heavy atom. The Morgan fingerprint density at radius 2 is 2.10 bits per heavy atom. The van der Waals surface area contributed by atoms with Crippen LogP contribution in [0, 0.1) is 5.82 Å². The number of halogens is 1. The average molecular weight is 294 g/mol. The topological polar surface area (TPSA) is 24.5 Å². The molecule has 1 aliphatic heterocycles. The summed E-state index contributed by atoms with van der Waals surface area (Å²) < 4.78 is 20.0. The van der Waals surface area contributed by atoms with E-state index in [-0.39, 0.29) is 17.5 Å². The highest BCUT2D eigenvalue weighted by Crippen LogP contribution is 2.28. The van der Waals surface area contributed by atoms with Crippen molar-refractivity contribution in [3.05, 3.63) is 24.0 Å². The molecule has 0 amide bonds. The van der Waals surface area contributed by atoms with Crippen molar-refractivity contribution in [1.29, 1.82) is 0 Å². The van der Waals surface area contributed by atoms with Crippen LogP contribution in [0.25, 0.3) is 0 Å². The predicted octanol–water partition coefficient (Wildman–Crippen LogP) is 4.04. The van der Waals surface area contributed by atoms with Crippen LogP contribution in [-0.4, -0.2) is 31.3 Å². The van der Waals surface area contributed by atoms with Crippen LogP contribution in [0.4, 0.5) is 15.8 Å². The molecule has 21 heavy (non-hydrogen) atoms. The molecule has 0 spiro atoms. The number of hydrogen-bond donors (Lipinski definition) is 1. The smallest absolute Gasteiger partial charge is 0.148 e. The molecule has 1 heterocycles. The highest BCUT2D eigenvalue weighted by Gasteiger charge is 2.28. The minimum atomic E-state index is -0.178. The molecule has 1 fully saturated rings. The second-order valence-electron chi connectivity index (χ2n) is 6.81. The molecule has 1 aromatic carbocycles. The molecule has 1 aromatic rings. The lowest BCUT2D eigenvalue weighted by Gasteiger charge is -2.36. The van der Waals surface area contributed by atoms with E-state index in [1.807, 2.05) is 24.1 Å². The lowest BCUT2D eigenvalue weighted by molar-refractivity contribution is -0.0553. The lowest BCUT2D eigenvalue weighted by Crippen LogP contribution is -2.40. The zero-order chi connectivity index (χ0) is 15.6.